The van der Waals surface area contributed by atoms with Crippen LogP contribution in [0.4, 0.5) is 11.4 Å². The van der Waals surface area contributed by atoms with Crippen molar-refractivity contribution in [1.82, 2.24) is 0 Å². The van der Waals surface area contributed by atoms with Crippen LogP contribution in [0, 0.1) is 6.92 Å². The zero-order chi connectivity index (χ0) is 17.6. The van der Waals surface area contributed by atoms with Gasteiger partial charge in [0.2, 0.25) is 0 Å². The Morgan fingerprint density at radius 1 is 1.00 bits per heavy atom. The van der Waals surface area contributed by atoms with Gasteiger partial charge < -0.3 is 15.5 Å². The molecule has 1 saturated heterocycles. The Balaban J connectivity index is 1.69. The first kappa shape index (κ1) is 17.2. The van der Waals surface area contributed by atoms with Gasteiger partial charge in [0.15, 0.2) is 6.54 Å². The van der Waals surface area contributed by atoms with E-state index in [2.05, 4.69) is 10.6 Å². The maximum absolute atomic E-state index is 12.6. The van der Waals surface area contributed by atoms with Crippen molar-refractivity contribution in [1.29, 1.82) is 0 Å². The van der Waals surface area contributed by atoms with Gasteiger partial charge in [-0.25, -0.2) is 0 Å². The second kappa shape index (κ2) is 7.94. The van der Waals surface area contributed by atoms with E-state index < -0.39 is 0 Å². The van der Waals surface area contributed by atoms with Crippen molar-refractivity contribution < 1.29 is 14.5 Å². The van der Waals surface area contributed by atoms with Gasteiger partial charge in [-0.2, -0.15) is 0 Å². The smallest absolute Gasteiger partial charge is 0.279 e. The lowest BCUT2D eigenvalue weighted by atomic mass is 10.1. The normalized spacial score (nSPS) is 14.3. The van der Waals surface area contributed by atoms with Crippen LogP contribution in [0.25, 0.3) is 0 Å². The largest absolute Gasteiger partial charge is 0.327 e. The van der Waals surface area contributed by atoms with Crippen molar-refractivity contribution in [2.75, 3.05) is 30.3 Å². The van der Waals surface area contributed by atoms with E-state index in [-0.39, 0.29) is 11.8 Å². The number of carbonyl (C=O) groups excluding carboxylic acids is 2. The molecule has 130 valence electrons. The third-order valence-electron chi connectivity index (χ3n) is 4.44. The number of quaternary nitrogens is 1. The number of nitrogens with one attached hydrogen (secondary N) is 3. The number of likely N-dealkylation sites (tertiary alicyclic amines) is 1. The summed E-state index contributed by atoms with van der Waals surface area (Å²) in [5, 5.41) is 5.79. The molecule has 0 aliphatic carbocycles. The fourth-order valence-electron chi connectivity index (χ4n) is 3.18. The lowest BCUT2D eigenvalue weighted by Crippen LogP contribution is -3.11. The molecule has 2 amide bonds. The van der Waals surface area contributed by atoms with Gasteiger partial charge >= 0.3 is 0 Å². The maximum atomic E-state index is 12.6. The van der Waals surface area contributed by atoms with E-state index in [4.69, 9.17) is 0 Å². The third-order valence-corrected chi connectivity index (χ3v) is 4.44. The van der Waals surface area contributed by atoms with Crippen molar-refractivity contribution in [2.24, 2.45) is 0 Å². The molecule has 3 N–H and O–H groups in total. The Labute approximate surface area is 148 Å². The number of amides is 2. The van der Waals surface area contributed by atoms with Gasteiger partial charge in [0, 0.05) is 18.5 Å². The molecule has 0 bridgehead atoms. The highest BCUT2D eigenvalue weighted by Gasteiger charge is 2.20. The lowest BCUT2D eigenvalue weighted by molar-refractivity contribution is -0.878. The number of rotatable bonds is 5. The average Bonchev–Trinajstić information content (AvgIpc) is 3.08. The van der Waals surface area contributed by atoms with E-state index in [0.717, 1.165) is 24.3 Å². The molecule has 1 aliphatic rings. The fraction of sp³-hybridized carbons (Fsp3) is 0.300. The summed E-state index contributed by atoms with van der Waals surface area (Å²) in [6.07, 6.45) is 2.36. The molecular formula is C20H24N3O2+. The van der Waals surface area contributed by atoms with E-state index in [0.29, 0.717) is 17.8 Å². The molecule has 5 heteroatoms. The summed E-state index contributed by atoms with van der Waals surface area (Å²) in [7, 11) is 0. The minimum atomic E-state index is -0.227. The van der Waals surface area contributed by atoms with Gasteiger partial charge in [0.1, 0.15) is 0 Å². The minimum Gasteiger partial charge on any atom is -0.327 e. The molecule has 0 atom stereocenters. The molecule has 0 saturated carbocycles. The number of hydrogen-bond donors (Lipinski definition) is 3. The second-order valence-corrected chi connectivity index (χ2v) is 6.55. The van der Waals surface area contributed by atoms with Crippen LogP contribution in [0.3, 0.4) is 0 Å². The summed E-state index contributed by atoms with van der Waals surface area (Å²) in [5.41, 5.74) is 2.84. The Bertz CT molecular complexity index is 767. The van der Waals surface area contributed by atoms with Crippen molar-refractivity contribution in [2.45, 2.75) is 19.8 Å². The van der Waals surface area contributed by atoms with Crippen molar-refractivity contribution >= 4 is 23.2 Å². The van der Waals surface area contributed by atoms with E-state index in [1.54, 1.807) is 18.2 Å². The van der Waals surface area contributed by atoms with Crippen molar-refractivity contribution in [3.63, 3.8) is 0 Å². The highest BCUT2D eigenvalue weighted by atomic mass is 16.2. The Morgan fingerprint density at radius 3 is 2.52 bits per heavy atom. The summed E-state index contributed by atoms with van der Waals surface area (Å²) >= 11 is 0. The lowest BCUT2D eigenvalue weighted by Gasteiger charge is -2.14. The van der Waals surface area contributed by atoms with Crippen LogP contribution in [0.15, 0.2) is 48.5 Å². The van der Waals surface area contributed by atoms with E-state index in [9.17, 15) is 9.59 Å². The quantitative estimate of drug-likeness (QED) is 0.779. The van der Waals surface area contributed by atoms with Crippen LogP contribution in [-0.4, -0.2) is 31.4 Å². The van der Waals surface area contributed by atoms with Gasteiger partial charge in [0.05, 0.1) is 24.3 Å². The van der Waals surface area contributed by atoms with E-state index >= 15 is 0 Å². The number of para-hydroxylation sites is 1. The standard InChI is InChI=1S/C20H23N3O2/c1-15-7-6-8-16(13-15)21-20(25)17-9-2-3-10-18(17)22-19(24)14-23-11-4-5-12-23/h2-3,6-10,13H,4-5,11-12,14H2,1H3,(H,21,25)(H,22,24)/p+1. The number of hydrogen-bond acceptors (Lipinski definition) is 2. The zero-order valence-corrected chi connectivity index (χ0v) is 14.5. The summed E-state index contributed by atoms with van der Waals surface area (Å²) in [6.45, 7) is 4.52. The maximum Gasteiger partial charge on any atom is 0.279 e. The first-order valence-electron chi connectivity index (χ1n) is 8.72. The Morgan fingerprint density at radius 2 is 1.76 bits per heavy atom. The molecule has 1 heterocycles. The summed E-state index contributed by atoms with van der Waals surface area (Å²) in [6, 6.07) is 14.8. The average molecular weight is 338 g/mol. The summed E-state index contributed by atoms with van der Waals surface area (Å²) < 4.78 is 0. The summed E-state index contributed by atoms with van der Waals surface area (Å²) in [5.74, 6) is -0.275. The number of aryl methyl sites for hydroxylation is 1. The molecule has 1 aliphatic heterocycles. The highest BCUT2D eigenvalue weighted by Crippen LogP contribution is 2.18. The second-order valence-electron chi connectivity index (χ2n) is 6.55. The van der Waals surface area contributed by atoms with E-state index in [1.165, 1.54) is 17.7 Å². The van der Waals surface area contributed by atoms with Crippen LogP contribution >= 0.6 is 0 Å². The van der Waals surface area contributed by atoms with Gasteiger partial charge in [-0.3, -0.25) is 9.59 Å². The van der Waals surface area contributed by atoms with Gasteiger partial charge in [-0.05, 0) is 36.8 Å². The molecule has 25 heavy (non-hydrogen) atoms. The molecule has 0 unspecified atom stereocenters. The topological polar surface area (TPSA) is 62.6 Å². The predicted octanol–water partition coefficient (Wildman–Crippen LogP) is 1.86. The molecule has 3 rings (SSSR count). The predicted molar refractivity (Wildman–Crippen MR) is 99.0 cm³/mol. The van der Waals surface area contributed by atoms with Gasteiger partial charge in [-0.15, -0.1) is 0 Å². The first-order valence-corrected chi connectivity index (χ1v) is 8.72. The van der Waals surface area contributed by atoms with Crippen molar-refractivity contribution in [3.8, 4) is 0 Å². The molecule has 0 aromatic heterocycles. The number of anilines is 2. The minimum absolute atomic E-state index is 0.0484. The van der Waals surface area contributed by atoms with Crippen molar-refractivity contribution in [3.05, 3.63) is 59.7 Å². The molecule has 5 nitrogen and oxygen atoms in total. The molecular weight excluding hydrogens is 314 g/mol. The fourth-order valence-corrected chi connectivity index (χ4v) is 3.18. The third kappa shape index (κ3) is 4.67. The van der Waals surface area contributed by atoms with Crippen LogP contribution in [0.5, 0.6) is 0 Å². The van der Waals surface area contributed by atoms with Gasteiger partial charge in [-0.1, -0.05) is 24.3 Å². The molecule has 0 spiro atoms. The highest BCUT2D eigenvalue weighted by molar-refractivity contribution is 6.10. The monoisotopic (exact) mass is 338 g/mol. The summed E-state index contributed by atoms with van der Waals surface area (Å²) in [4.78, 5) is 26.2. The number of benzene rings is 2. The van der Waals surface area contributed by atoms with Crippen LogP contribution in [0.1, 0.15) is 28.8 Å². The van der Waals surface area contributed by atoms with Crippen LogP contribution < -0.4 is 15.5 Å². The zero-order valence-electron chi connectivity index (χ0n) is 14.5. The molecule has 2 aromatic rings. The SMILES string of the molecule is Cc1cccc(NC(=O)c2ccccc2NC(=O)C[NH+]2CCCC2)c1. The van der Waals surface area contributed by atoms with E-state index in [1.807, 2.05) is 37.3 Å². The van der Waals surface area contributed by atoms with Crippen LogP contribution in [-0.2, 0) is 4.79 Å². The molecule has 2 aromatic carbocycles. The molecule has 0 radical (unpaired) electrons. The number of carbonyl (C=O) groups is 2. The Kier molecular flexibility index (Phi) is 5.46. The van der Waals surface area contributed by atoms with Crippen LogP contribution in [0.2, 0.25) is 0 Å². The molecule has 1 fully saturated rings. The first-order chi connectivity index (χ1) is 12.1. The Hall–Kier alpha value is -2.66. The van der Waals surface area contributed by atoms with Gasteiger partial charge in [0.25, 0.3) is 11.8 Å².